The van der Waals surface area contributed by atoms with E-state index in [0.717, 1.165) is 23.5 Å². The fourth-order valence-corrected chi connectivity index (χ4v) is 1.75. The van der Waals surface area contributed by atoms with Crippen LogP contribution in [0.3, 0.4) is 0 Å². The van der Waals surface area contributed by atoms with E-state index in [0.29, 0.717) is 11.6 Å². The van der Waals surface area contributed by atoms with Gasteiger partial charge in [-0.15, -0.1) is 11.6 Å². The predicted octanol–water partition coefficient (Wildman–Crippen LogP) is 3.94. The van der Waals surface area contributed by atoms with Crippen LogP contribution in [0.1, 0.15) is 16.7 Å². The number of aryl methyl sites for hydroxylation is 1. The third-order valence-electron chi connectivity index (χ3n) is 2.58. The SMILES string of the molecule is Cc1ccc(CCl)cc1-n1cc(C(F)(F)F)cn1. The molecule has 96 valence electrons. The lowest BCUT2D eigenvalue weighted by Crippen LogP contribution is -2.03. The van der Waals surface area contributed by atoms with E-state index < -0.39 is 11.7 Å². The third-order valence-corrected chi connectivity index (χ3v) is 2.89. The molecule has 18 heavy (non-hydrogen) atoms. The molecule has 0 unspecified atom stereocenters. The van der Waals surface area contributed by atoms with Crippen LogP contribution < -0.4 is 0 Å². The minimum absolute atomic E-state index is 0.306. The number of benzene rings is 1. The zero-order valence-electron chi connectivity index (χ0n) is 9.50. The van der Waals surface area contributed by atoms with Crippen molar-refractivity contribution < 1.29 is 13.2 Å². The van der Waals surface area contributed by atoms with E-state index in [1.807, 2.05) is 19.1 Å². The molecular weight excluding hydrogens is 265 g/mol. The number of aromatic nitrogens is 2. The second kappa shape index (κ2) is 4.65. The van der Waals surface area contributed by atoms with Crippen LogP contribution >= 0.6 is 11.6 Å². The van der Waals surface area contributed by atoms with E-state index in [-0.39, 0.29) is 0 Å². The minimum atomic E-state index is -4.38. The minimum Gasteiger partial charge on any atom is -0.240 e. The van der Waals surface area contributed by atoms with E-state index in [1.165, 1.54) is 4.68 Å². The van der Waals surface area contributed by atoms with Gasteiger partial charge in [0.1, 0.15) is 0 Å². The first-order valence-corrected chi connectivity index (χ1v) is 5.73. The van der Waals surface area contributed by atoms with Gasteiger partial charge in [0.25, 0.3) is 0 Å². The summed E-state index contributed by atoms with van der Waals surface area (Å²) in [4.78, 5) is 0. The Hall–Kier alpha value is -1.49. The van der Waals surface area contributed by atoms with Crippen molar-refractivity contribution in [3.05, 3.63) is 47.3 Å². The lowest BCUT2D eigenvalue weighted by atomic mass is 10.1. The normalized spacial score (nSPS) is 11.8. The summed E-state index contributed by atoms with van der Waals surface area (Å²) in [5, 5.41) is 3.74. The van der Waals surface area contributed by atoms with Crippen molar-refractivity contribution in [3.63, 3.8) is 0 Å². The summed E-state index contributed by atoms with van der Waals surface area (Å²) in [6, 6.07) is 5.37. The lowest BCUT2D eigenvalue weighted by molar-refractivity contribution is -0.137. The maximum absolute atomic E-state index is 12.5. The van der Waals surface area contributed by atoms with Crippen molar-refractivity contribution in [1.82, 2.24) is 9.78 Å². The van der Waals surface area contributed by atoms with Crippen molar-refractivity contribution in [1.29, 1.82) is 0 Å². The Morgan fingerprint density at radius 1 is 1.33 bits per heavy atom. The molecule has 0 N–H and O–H groups in total. The molecule has 2 aromatic rings. The van der Waals surface area contributed by atoms with Crippen LogP contribution in [0.2, 0.25) is 0 Å². The summed E-state index contributed by atoms with van der Waals surface area (Å²) in [6.45, 7) is 1.81. The molecular formula is C12H10ClF3N2. The van der Waals surface area contributed by atoms with Crippen LogP contribution in [-0.4, -0.2) is 9.78 Å². The van der Waals surface area contributed by atoms with Gasteiger partial charge in [0, 0.05) is 12.1 Å². The van der Waals surface area contributed by atoms with Crippen LogP contribution in [0.25, 0.3) is 5.69 Å². The van der Waals surface area contributed by atoms with Crippen molar-refractivity contribution in [2.45, 2.75) is 19.0 Å². The predicted molar refractivity (Wildman–Crippen MR) is 62.9 cm³/mol. The summed E-state index contributed by atoms with van der Waals surface area (Å²) in [7, 11) is 0. The smallest absolute Gasteiger partial charge is 0.240 e. The quantitative estimate of drug-likeness (QED) is 0.759. The van der Waals surface area contributed by atoms with Crippen LogP contribution in [0.15, 0.2) is 30.6 Å². The molecule has 6 heteroatoms. The summed E-state index contributed by atoms with van der Waals surface area (Å²) in [5.74, 6) is 0.306. The Bertz CT molecular complexity index is 561. The van der Waals surface area contributed by atoms with Crippen LogP contribution in [0.5, 0.6) is 0 Å². The topological polar surface area (TPSA) is 17.8 Å². The fourth-order valence-electron chi connectivity index (χ4n) is 1.59. The molecule has 1 aromatic heterocycles. The second-order valence-corrected chi connectivity index (χ2v) is 4.19. The Morgan fingerprint density at radius 2 is 2.06 bits per heavy atom. The van der Waals surface area contributed by atoms with E-state index in [1.54, 1.807) is 6.07 Å². The van der Waals surface area contributed by atoms with Crippen molar-refractivity contribution in [3.8, 4) is 5.69 Å². The molecule has 0 aliphatic heterocycles. The number of hydrogen-bond acceptors (Lipinski definition) is 1. The van der Waals surface area contributed by atoms with Gasteiger partial charge in [0.05, 0.1) is 17.4 Å². The number of nitrogens with zero attached hydrogens (tertiary/aromatic N) is 2. The standard InChI is InChI=1S/C12H10ClF3N2/c1-8-2-3-9(5-13)4-11(8)18-7-10(6-17-18)12(14,15)16/h2-4,6-7H,5H2,1H3. The molecule has 0 aliphatic rings. The Kier molecular flexibility index (Phi) is 3.34. The molecule has 0 atom stereocenters. The molecule has 0 saturated heterocycles. The Labute approximate surface area is 107 Å². The highest BCUT2D eigenvalue weighted by Gasteiger charge is 2.32. The summed E-state index contributed by atoms with van der Waals surface area (Å²) < 4.78 is 38.7. The van der Waals surface area contributed by atoms with Gasteiger partial charge in [0.2, 0.25) is 0 Å². The molecule has 0 bridgehead atoms. The maximum Gasteiger partial charge on any atom is 0.419 e. The van der Waals surface area contributed by atoms with Gasteiger partial charge in [-0.2, -0.15) is 18.3 Å². The monoisotopic (exact) mass is 274 g/mol. The third kappa shape index (κ3) is 2.51. The van der Waals surface area contributed by atoms with Crippen molar-refractivity contribution in [2.75, 3.05) is 0 Å². The first-order chi connectivity index (χ1) is 8.41. The molecule has 1 aromatic carbocycles. The Morgan fingerprint density at radius 3 is 2.61 bits per heavy atom. The van der Waals surface area contributed by atoms with Crippen molar-refractivity contribution in [2.24, 2.45) is 0 Å². The van der Waals surface area contributed by atoms with Crippen LogP contribution in [-0.2, 0) is 12.1 Å². The first kappa shape index (κ1) is 13.0. The van der Waals surface area contributed by atoms with E-state index in [4.69, 9.17) is 11.6 Å². The number of hydrogen-bond donors (Lipinski definition) is 0. The summed E-state index contributed by atoms with van der Waals surface area (Å²) in [6.07, 6.45) is -2.59. The van der Waals surface area contributed by atoms with Gasteiger partial charge < -0.3 is 0 Å². The lowest BCUT2D eigenvalue weighted by Gasteiger charge is -2.07. The van der Waals surface area contributed by atoms with Gasteiger partial charge in [0.15, 0.2) is 0 Å². The van der Waals surface area contributed by atoms with E-state index in [9.17, 15) is 13.2 Å². The molecule has 0 saturated carbocycles. The molecule has 0 fully saturated rings. The van der Waals surface area contributed by atoms with Gasteiger partial charge >= 0.3 is 6.18 Å². The van der Waals surface area contributed by atoms with Gasteiger partial charge in [-0.25, -0.2) is 4.68 Å². The number of halogens is 4. The van der Waals surface area contributed by atoms with Gasteiger partial charge in [-0.1, -0.05) is 12.1 Å². The van der Waals surface area contributed by atoms with Crippen molar-refractivity contribution >= 4 is 11.6 Å². The number of rotatable bonds is 2. The van der Waals surface area contributed by atoms with E-state index >= 15 is 0 Å². The molecule has 0 spiro atoms. The van der Waals surface area contributed by atoms with Crippen LogP contribution in [0.4, 0.5) is 13.2 Å². The highest BCUT2D eigenvalue weighted by atomic mass is 35.5. The zero-order chi connectivity index (χ0) is 13.3. The van der Waals surface area contributed by atoms with E-state index in [2.05, 4.69) is 5.10 Å². The fraction of sp³-hybridized carbons (Fsp3) is 0.250. The molecule has 0 radical (unpaired) electrons. The van der Waals surface area contributed by atoms with Gasteiger partial charge in [-0.05, 0) is 24.1 Å². The average molecular weight is 275 g/mol. The number of alkyl halides is 4. The highest BCUT2D eigenvalue weighted by molar-refractivity contribution is 6.17. The first-order valence-electron chi connectivity index (χ1n) is 5.19. The molecule has 2 rings (SSSR count). The second-order valence-electron chi connectivity index (χ2n) is 3.93. The highest BCUT2D eigenvalue weighted by Crippen LogP contribution is 2.29. The Balaban J connectivity index is 2.45. The van der Waals surface area contributed by atoms with Crippen LogP contribution in [0, 0.1) is 6.92 Å². The molecule has 2 nitrogen and oxygen atoms in total. The summed E-state index contributed by atoms with van der Waals surface area (Å²) in [5.41, 5.74) is 1.50. The maximum atomic E-state index is 12.5. The average Bonchev–Trinajstić information content (AvgIpc) is 2.78. The largest absolute Gasteiger partial charge is 0.419 e. The molecule has 0 amide bonds. The molecule has 0 aliphatic carbocycles. The summed E-state index contributed by atoms with van der Waals surface area (Å²) >= 11 is 5.71. The zero-order valence-corrected chi connectivity index (χ0v) is 10.3. The van der Waals surface area contributed by atoms with Gasteiger partial charge in [-0.3, -0.25) is 0 Å². The molecule has 1 heterocycles.